The van der Waals surface area contributed by atoms with Crippen molar-refractivity contribution in [3.8, 4) is 5.69 Å². The van der Waals surface area contributed by atoms with Gasteiger partial charge in [0, 0.05) is 10.2 Å². The lowest BCUT2D eigenvalue weighted by atomic mass is 10.2. The van der Waals surface area contributed by atoms with Gasteiger partial charge in [0.1, 0.15) is 0 Å². The Morgan fingerprint density at radius 2 is 2.06 bits per heavy atom. The molecule has 2 rings (SSSR count). The normalized spacial score (nSPS) is 10.8. The van der Waals surface area contributed by atoms with Crippen LogP contribution in [0.2, 0.25) is 0 Å². The molecule has 0 radical (unpaired) electrons. The van der Waals surface area contributed by atoms with Gasteiger partial charge in [-0.15, -0.1) is 0 Å². The Hall–Kier alpha value is -1.13. The fraction of sp³-hybridized carbons (Fsp3) is 0.250. The van der Waals surface area contributed by atoms with Crippen LogP contribution in [0.3, 0.4) is 0 Å². The zero-order valence-corrected chi connectivity index (χ0v) is 10.8. The zero-order chi connectivity index (χ0) is 11.7. The van der Waals surface area contributed by atoms with Crippen LogP contribution in [0.25, 0.3) is 5.69 Å². The summed E-state index contributed by atoms with van der Waals surface area (Å²) in [5, 5.41) is 13.4. The Kier molecular flexibility index (Phi) is 3.12. The maximum Gasteiger partial charge on any atom is 0.0886 e. The van der Waals surface area contributed by atoms with E-state index in [0.717, 1.165) is 15.9 Å². The largest absolute Gasteiger partial charge is 0.390 e. The summed E-state index contributed by atoms with van der Waals surface area (Å²) in [7, 11) is 0. The summed E-state index contributed by atoms with van der Waals surface area (Å²) >= 11 is 3.53. The van der Waals surface area contributed by atoms with Gasteiger partial charge < -0.3 is 5.11 Å². The third kappa shape index (κ3) is 2.03. The van der Waals surface area contributed by atoms with Gasteiger partial charge in [-0.05, 0) is 53.5 Å². The number of hydrogen-bond donors (Lipinski definition) is 1. The Labute approximate surface area is 103 Å². The third-order valence-electron chi connectivity index (χ3n) is 2.43. The summed E-state index contributed by atoms with van der Waals surface area (Å²) in [4.78, 5) is 0. The molecule has 16 heavy (non-hydrogen) atoms. The summed E-state index contributed by atoms with van der Waals surface area (Å²) in [6.07, 6.45) is 0. The lowest BCUT2D eigenvalue weighted by Crippen LogP contribution is -2.00. The highest BCUT2D eigenvalue weighted by Gasteiger charge is 2.08. The quantitative estimate of drug-likeness (QED) is 0.919. The van der Waals surface area contributed by atoms with E-state index in [2.05, 4.69) is 27.1 Å². The van der Waals surface area contributed by atoms with Crippen molar-refractivity contribution in [3.05, 3.63) is 45.7 Å². The van der Waals surface area contributed by atoms with Crippen LogP contribution in [0.15, 0.2) is 28.7 Å². The van der Waals surface area contributed by atoms with Crippen LogP contribution in [-0.2, 0) is 6.61 Å². The van der Waals surface area contributed by atoms with Gasteiger partial charge in [0.2, 0.25) is 0 Å². The number of rotatable bonds is 2. The SMILES string of the molecule is Cc1ccc(-n2nc(CO)cc2C)c(Br)c1. The maximum atomic E-state index is 9.05. The molecule has 1 aromatic carbocycles. The molecule has 0 amide bonds. The summed E-state index contributed by atoms with van der Waals surface area (Å²) in [5.41, 5.74) is 3.88. The van der Waals surface area contributed by atoms with Crippen LogP contribution in [-0.4, -0.2) is 14.9 Å². The van der Waals surface area contributed by atoms with Gasteiger partial charge in [0.15, 0.2) is 0 Å². The van der Waals surface area contributed by atoms with Gasteiger partial charge in [0.25, 0.3) is 0 Å². The van der Waals surface area contributed by atoms with Gasteiger partial charge in [-0.2, -0.15) is 5.10 Å². The summed E-state index contributed by atoms with van der Waals surface area (Å²) in [5.74, 6) is 0. The first-order valence-corrected chi connectivity index (χ1v) is 5.84. The second-order valence-corrected chi connectivity index (χ2v) is 4.66. The van der Waals surface area contributed by atoms with E-state index in [9.17, 15) is 0 Å². The fourth-order valence-electron chi connectivity index (χ4n) is 1.64. The second kappa shape index (κ2) is 4.39. The molecule has 2 aromatic rings. The standard InChI is InChI=1S/C12H13BrN2O/c1-8-3-4-12(11(13)5-8)15-9(2)6-10(7-16)14-15/h3-6,16H,7H2,1-2H3. The first-order valence-electron chi connectivity index (χ1n) is 5.04. The average Bonchev–Trinajstić information content (AvgIpc) is 2.60. The molecule has 0 aliphatic carbocycles. The summed E-state index contributed by atoms with van der Waals surface area (Å²) < 4.78 is 2.83. The number of halogens is 1. The summed E-state index contributed by atoms with van der Waals surface area (Å²) in [6, 6.07) is 7.99. The molecule has 1 aromatic heterocycles. The molecule has 84 valence electrons. The monoisotopic (exact) mass is 280 g/mol. The van der Waals surface area contributed by atoms with Crippen molar-refractivity contribution in [2.75, 3.05) is 0 Å². The molecule has 0 unspecified atom stereocenters. The van der Waals surface area contributed by atoms with Crippen molar-refractivity contribution in [3.63, 3.8) is 0 Å². The molecule has 0 spiro atoms. The first kappa shape index (κ1) is 11.4. The number of aliphatic hydroxyl groups excluding tert-OH is 1. The van der Waals surface area contributed by atoms with Crippen molar-refractivity contribution in [2.24, 2.45) is 0 Å². The van der Waals surface area contributed by atoms with Crippen LogP contribution < -0.4 is 0 Å². The molecule has 3 nitrogen and oxygen atoms in total. The lowest BCUT2D eigenvalue weighted by molar-refractivity contribution is 0.276. The number of nitrogens with zero attached hydrogens (tertiary/aromatic N) is 2. The van der Waals surface area contributed by atoms with E-state index < -0.39 is 0 Å². The summed E-state index contributed by atoms with van der Waals surface area (Å²) in [6.45, 7) is 3.99. The van der Waals surface area contributed by atoms with Crippen molar-refractivity contribution in [2.45, 2.75) is 20.5 Å². The predicted octanol–water partition coefficient (Wildman–Crippen LogP) is 2.74. The minimum atomic E-state index is -0.0304. The van der Waals surface area contributed by atoms with Crippen LogP contribution in [0, 0.1) is 13.8 Å². The van der Waals surface area contributed by atoms with Crippen LogP contribution >= 0.6 is 15.9 Å². The number of aryl methyl sites for hydroxylation is 2. The molecule has 0 saturated heterocycles. The highest BCUT2D eigenvalue weighted by Crippen LogP contribution is 2.23. The minimum Gasteiger partial charge on any atom is -0.390 e. The highest BCUT2D eigenvalue weighted by molar-refractivity contribution is 9.10. The average molecular weight is 281 g/mol. The number of aromatic nitrogens is 2. The number of hydrogen-bond acceptors (Lipinski definition) is 2. The molecule has 0 bridgehead atoms. The molecule has 0 saturated carbocycles. The molecule has 0 fully saturated rings. The molecule has 0 aliphatic rings. The Bertz CT molecular complexity index is 520. The topological polar surface area (TPSA) is 38.0 Å². The van der Waals surface area contributed by atoms with Crippen LogP contribution in [0.1, 0.15) is 17.0 Å². The fourth-order valence-corrected chi connectivity index (χ4v) is 2.30. The van der Waals surface area contributed by atoms with E-state index in [1.807, 2.05) is 36.7 Å². The van der Waals surface area contributed by atoms with Crippen molar-refractivity contribution < 1.29 is 5.11 Å². The maximum absolute atomic E-state index is 9.05. The zero-order valence-electron chi connectivity index (χ0n) is 9.24. The Morgan fingerprint density at radius 1 is 1.31 bits per heavy atom. The second-order valence-electron chi connectivity index (χ2n) is 3.80. The Balaban J connectivity index is 2.53. The molecular weight excluding hydrogens is 268 g/mol. The lowest BCUT2D eigenvalue weighted by Gasteiger charge is -2.07. The minimum absolute atomic E-state index is 0.0304. The number of benzene rings is 1. The molecular formula is C12H13BrN2O. The van der Waals surface area contributed by atoms with E-state index >= 15 is 0 Å². The van der Waals surface area contributed by atoms with E-state index in [-0.39, 0.29) is 6.61 Å². The van der Waals surface area contributed by atoms with Crippen molar-refractivity contribution in [1.82, 2.24) is 9.78 Å². The van der Waals surface area contributed by atoms with Crippen LogP contribution in [0.4, 0.5) is 0 Å². The van der Waals surface area contributed by atoms with Gasteiger partial charge >= 0.3 is 0 Å². The first-order chi connectivity index (χ1) is 7.61. The number of aliphatic hydroxyl groups is 1. The van der Waals surface area contributed by atoms with Gasteiger partial charge in [-0.1, -0.05) is 6.07 Å². The molecule has 1 heterocycles. The Morgan fingerprint density at radius 3 is 2.62 bits per heavy atom. The molecule has 4 heteroatoms. The molecule has 0 aliphatic heterocycles. The third-order valence-corrected chi connectivity index (χ3v) is 3.07. The molecule has 1 N–H and O–H groups in total. The predicted molar refractivity (Wildman–Crippen MR) is 66.7 cm³/mol. The van der Waals surface area contributed by atoms with Crippen molar-refractivity contribution in [1.29, 1.82) is 0 Å². The van der Waals surface area contributed by atoms with E-state index in [1.165, 1.54) is 5.56 Å². The van der Waals surface area contributed by atoms with Crippen LogP contribution in [0.5, 0.6) is 0 Å². The smallest absolute Gasteiger partial charge is 0.0886 e. The highest BCUT2D eigenvalue weighted by atomic mass is 79.9. The van der Waals surface area contributed by atoms with Gasteiger partial charge in [0.05, 0.1) is 18.0 Å². The van der Waals surface area contributed by atoms with Gasteiger partial charge in [-0.25, -0.2) is 4.68 Å². The molecule has 0 atom stereocenters. The van der Waals surface area contributed by atoms with E-state index in [0.29, 0.717) is 5.69 Å². The van der Waals surface area contributed by atoms with Crippen molar-refractivity contribution >= 4 is 15.9 Å². The van der Waals surface area contributed by atoms with E-state index in [1.54, 1.807) is 0 Å². The van der Waals surface area contributed by atoms with Gasteiger partial charge in [-0.3, -0.25) is 0 Å². The van der Waals surface area contributed by atoms with E-state index in [4.69, 9.17) is 5.11 Å².